The highest BCUT2D eigenvalue weighted by Crippen LogP contribution is 2.12. The number of esters is 3. The SMILES string of the molecule is CC/C=C/C=C/C=C/C=C/C=C/C=C/CCCCCC(=O)OCC(COC(=O)CC/C=C/C/C=C/CCCCCCCC)OC(=O)CCCCC/C=C/CCCCCCCCC. The van der Waals surface area contributed by atoms with Crippen molar-refractivity contribution < 1.29 is 28.6 Å². The molecule has 0 bridgehead atoms. The zero-order valence-corrected chi connectivity index (χ0v) is 39.8. The molecule has 0 aliphatic heterocycles. The van der Waals surface area contributed by atoms with E-state index in [4.69, 9.17) is 14.2 Å². The molecule has 0 saturated heterocycles. The van der Waals surface area contributed by atoms with Gasteiger partial charge in [0.25, 0.3) is 0 Å². The third-order valence-electron chi connectivity index (χ3n) is 10.2. The molecular weight excluding hydrogens is 769 g/mol. The minimum Gasteiger partial charge on any atom is -0.462 e. The van der Waals surface area contributed by atoms with Crippen LogP contribution < -0.4 is 0 Å². The van der Waals surface area contributed by atoms with Gasteiger partial charge in [-0.2, -0.15) is 0 Å². The molecule has 0 saturated carbocycles. The average molecular weight is 859 g/mol. The van der Waals surface area contributed by atoms with Crippen molar-refractivity contribution in [3.8, 4) is 0 Å². The smallest absolute Gasteiger partial charge is 0.306 e. The van der Waals surface area contributed by atoms with E-state index < -0.39 is 6.10 Å². The van der Waals surface area contributed by atoms with Crippen molar-refractivity contribution in [1.29, 1.82) is 0 Å². The fourth-order valence-electron chi connectivity index (χ4n) is 6.40. The summed E-state index contributed by atoms with van der Waals surface area (Å²) in [5, 5.41) is 0. The molecule has 6 nitrogen and oxygen atoms in total. The van der Waals surface area contributed by atoms with E-state index in [9.17, 15) is 14.4 Å². The Morgan fingerprint density at radius 3 is 1.23 bits per heavy atom. The molecule has 6 heteroatoms. The number of rotatable bonds is 43. The van der Waals surface area contributed by atoms with Crippen molar-refractivity contribution in [1.82, 2.24) is 0 Å². The van der Waals surface area contributed by atoms with Crippen LogP contribution in [0.15, 0.2) is 109 Å². The van der Waals surface area contributed by atoms with Crippen LogP contribution in [0.3, 0.4) is 0 Å². The van der Waals surface area contributed by atoms with E-state index in [0.29, 0.717) is 12.8 Å². The fraction of sp³-hybridized carbons (Fsp3) is 0.625. The van der Waals surface area contributed by atoms with E-state index in [0.717, 1.165) is 77.0 Å². The molecule has 0 aliphatic carbocycles. The van der Waals surface area contributed by atoms with Crippen LogP contribution in [0.5, 0.6) is 0 Å². The van der Waals surface area contributed by atoms with E-state index in [1.165, 1.54) is 83.5 Å². The lowest BCUT2D eigenvalue weighted by Crippen LogP contribution is -2.30. The first-order valence-electron chi connectivity index (χ1n) is 25.0. The highest BCUT2D eigenvalue weighted by molar-refractivity contribution is 5.71. The summed E-state index contributed by atoms with van der Waals surface area (Å²) in [6.07, 6.45) is 66.5. The van der Waals surface area contributed by atoms with Crippen LogP contribution >= 0.6 is 0 Å². The van der Waals surface area contributed by atoms with E-state index in [1.54, 1.807) is 0 Å². The molecule has 1 atom stereocenters. The summed E-state index contributed by atoms with van der Waals surface area (Å²) in [5.41, 5.74) is 0. The molecule has 0 rings (SSSR count). The highest BCUT2D eigenvalue weighted by Gasteiger charge is 2.19. The number of carbonyl (C=O) groups excluding carboxylic acids is 3. The second kappa shape index (κ2) is 49.7. The normalized spacial score (nSPS) is 13.0. The van der Waals surface area contributed by atoms with Crippen LogP contribution in [0.1, 0.15) is 207 Å². The van der Waals surface area contributed by atoms with Gasteiger partial charge in [-0.15, -0.1) is 0 Å². The Labute approximate surface area is 380 Å². The lowest BCUT2D eigenvalue weighted by atomic mass is 10.1. The van der Waals surface area contributed by atoms with Gasteiger partial charge in [0.15, 0.2) is 6.10 Å². The van der Waals surface area contributed by atoms with E-state index in [-0.39, 0.29) is 44.0 Å². The number of allylic oxidation sites excluding steroid dienone is 18. The first-order valence-corrected chi connectivity index (χ1v) is 25.0. The second-order valence-corrected chi connectivity index (χ2v) is 16.1. The molecule has 0 spiro atoms. The monoisotopic (exact) mass is 859 g/mol. The molecule has 1 unspecified atom stereocenters. The van der Waals surface area contributed by atoms with Gasteiger partial charge in [0.05, 0.1) is 0 Å². The predicted octanol–water partition coefficient (Wildman–Crippen LogP) is 16.4. The van der Waals surface area contributed by atoms with Crippen molar-refractivity contribution >= 4 is 17.9 Å². The van der Waals surface area contributed by atoms with Gasteiger partial charge in [0, 0.05) is 19.3 Å². The van der Waals surface area contributed by atoms with Gasteiger partial charge in [-0.25, -0.2) is 0 Å². The molecule has 0 fully saturated rings. The van der Waals surface area contributed by atoms with E-state index in [2.05, 4.69) is 63.3 Å². The first-order chi connectivity index (χ1) is 30.5. The Morgan fingerprint density at radius 2 is 0.726 bits per heavy atom. The van der Waals surface area contributed by atoms with Gasteiger partial charge >= 0.3 is 17.9 Å². The highest BCUT2D eigenvalue weighted by atomic mass is 16.6. The number of hydrogen-bond acceptors (Lipinski definition) is 6. The molecule has 0 heterocycles. The van der Waals surface area contributed by atoms with E-state index >= 15 is 0 Å². The predicted molar refractivity (Wildman–Crippen MR) is 265 cm³/mol. The van der Waals surface area contributed by atoms with Crippen LogP contribution in [0.2, 0.25) is 0 Å². The van der Waals surface area contributed by atoms with E-state index in [1.807, 2.05) is 66.8 Å². The summed E-state index contributed by atoms with van der Waals surface area (Å²) in [6, 6.07) is 0. The van der Waals surface area contributed by atoms with Crippen molar-refractivity contribution in [2.24, 2.45) is 0 Å². The summed E-state index contributed by atoms with van der Waals surface area (Å²) >= 11 is 0. The largest absolute Gasteiger partial charge is 0.462 e. The van der Waals surface area contributed by atoms with Crippen molar-refractivity contribution in [3.63, 3.8) is 0 Å². The van der Waals surface area contributed by atoms with Crippen LogP contribution in [-0.4, -0.2) is 37.2 Å². The maximum Gasteiger partial charge on any atom is 0.306 e. The Morgan fingerprint density at radius 1 is 0.355 bits per heavy atom. The van der Waals surface area contributed by atoms with Gasteiger partial charge in [0.1, 0.15) is 13.2 Å². The number of unbranched alkanes of at least 4 members (excludes halogenated alkanes) is 19. The summed E-state index contributed by atoms with van der Waals surface area (Å²) in [6.45, 7) is 6.36. The third kappa shape index (κ3) is 47.1. The summed E-state index contributed by atoms with van der Waals surface area (Å²) in [4.78, 5) is 37.9. The standard InChI is InChI=1S/C56H90O6/c1-4-7-10-13-16-19-22-25-27-28-29-32-34-37-40-43-46-49-55(58)61-52-53(51-60-54(57)48-45-42-39-36-33-30-24-21-18-15-12-9-6-3)62-56(59)50-47-44-41-38-35-31-26-23-20-17-14-11-8-5-2/h7,10,13,16,19,22,25,27-35,39,42,53H,4-6,8-9,11-12,14-15,17-18,20-21,23-24,26,36-38,40-41,43-52H2,1-3H3/b10-7+,16-13+,22-19+,27-25+,29-28+,33-30+,34-32+,35-31+,42-39+. The average Bonchev–Trinajstić information content (AvgIpc) is 3.27. The number of carbonyl (C=O) groups is 3. The van der Waals surface area contributed by atoms with Crippen LogP contribution in [0.4, 0.5) is 0 Å². The molecule has 0 aromatic carbocycles. The molecule has 0 aromatic rings. The Balaban J connectivity index is 4.58. The maximum absolute atomic E-state index is 12.8. The van der Waals surface area contributed by atoms with Crippen molar-refractivity contribution in [2.45, 2.75) is 213 Å². The molecule has 350 valence electrons. The van der Waals surface area contributed by atoms with Crippen molar-refractivity contribution in [3.05, 3.63) is 109 Å². The van der Waals surface area contributed by atoms with Gasteiger partial charge in [-0.05, 0) is 83.5 Å². The molecule has 0 amide bonds. The zero-order chi connectivity index (χ0) is 45.1. The molecule has 0 aromatic heterocycles. The summed E-state index contributed by atoms with van der Waals surface area (Å²) in [7, 11) is 0. The molecule has 62 heavy (non-hydrogen) atoms. The van der Waals surface area contributed by atoms with Gasteiger partial charge in [-0.1, -0.05) is 214 Å². The van der Waals surface area contributed by atoms with Crippen LogP contribution in [-0.2, 0) is 28.6 Å². The van der Waals surface area contributed by atoms with Gasteiger partial charge in [-0.3, -0.25) is 14.4 Å². The first kappa shape index (κ1) is 58.1. The molecule has 0 radical (unpaired) electrons. The number of ether oxygens (including phenoxy) is 3. The lowest BCUT2D eigenvalue weighted by Gasteiger charge is -2.18. The Bertz CT molecular complexity index is 1310. The lowest BCUT2D eigenvalue weighted by molar-refractivity contribution is -0.166. The third-order valence-corrected chi connectivity index (χ3v) is 10.2. The van der Waals surface area contributed by atoms with Crippen LogP contribution in [0.25, 0.3) is 0 Å². The second-order valence-electron chi connectivity index (χ2n) is 16.1. The number of hydrogen-bond donors (Lipinski definition) is 0. The summed E-state index contributed by atoms with van der Waals surface area (Å²) < 4.78 is 16.7. The maximum atomic E-state index is 12.8. The summed E-state index contributed by atoms with van der Waals surface area (Å²) in [5.74, 6) is -1.06. The van der Waals surface area contributed by atoms with Gasteiger partial charge < -0.3 is 14.2 Å². The quantitative estimate of drug-likeness (QED) is 0.0200. The topological polar surface area (TPSA) is 78.9 Å². The molecule has 0 aliphatic rings. The zero-order valence-electron chi connectivity index (χ0n) is 39.8. The Hall–Kier alpha value is -3.93. The van der Waals surface area contributed by atoms with Crippen molar-refractivity contribution in [2.75, 3.05) is 13.2 Å². The molecule has 0 N–H and O–H groups in total. The minimum absolute atomic E-state index is 0.126. The molecular formula is C56H90O6. The van der Waals surface area contributed by atoms with Gasteiger partial charge in [0.2, 0.25) is 0 Å². The van der Waals surface area contributed by atoms with Crippen LogP contribution in [0, 0.1) is 0 Å². The minimum atomic E-state index is -0.828. The Kier molecular flexibility index (Phi) is 46.6. The fourth-order valence-corrected chi connectivity index (χ4v) is 6.40.